The molecule has 3 heteroatoms. The largest absolute Gasteiger partial charge is 0.354 e. The molecule has 0 aliphatic carbocycles. The van der Waals surface area contributed by atoms with Gasteiger partial charge in [0.05, 0.1) is 12.6 Å². The monoisotopic (exact) mass is 197 g/mol. The molecule has 0 bridgehead atoms. The molecule has 80 valence electrons. The molecule has 1 fully saturated rings. The Morgan fingerprint density at radius 3 is 2.64 bits per heavy atom. The fraction of sp³-hybridized carbons (Fsp3) is 0.727. The Morgan fingerprint density at radius 1 is 1.64 bits per heavy atom. The number of hydrogen-bond donors (Lipinski definition) is 0. The Morgan fingerprint density at radius 2 is 2.21 bits per heavy atom. The third kappa shape index (κ3) is 1.82. The van der Waals surface area contributed by atoms with E-state index < -0.39 is 5.72 Å². The van der Waals surface area contributed by atoms with Gasteiger partial charge in [-0.3, -0.25) is 4.79 Å². The minimum atomic E-state index is -0.500. The molecule has 1 unspecified atom stereocenters. The first-order valence-corrected chi connectivity index (χ1v) is 5.00. The first-order chi connectivity index (χ1) is 6.40. The fourth-order valence-electron chi connectivity index (χ4n) is 1.85. The topological polar surface area (TPSA) is 29.5 Å². The Balaban J connectivity index is 2.92. The number of hydrogen-bond acceptors (Lipinski definition) is 2. The van der Waals surface area contributed by atoms with Crippen LogP contribution in [-0.4, -0.2) is 29.2 Å². The number of carbonyl (C=O) groups is 1. The number of amides is 1. The van der Waals surface area contributed by atoms with Crippen LogP contribution in [0.25, 0.3) is 0 Å². The summed E-state index contributed by atoms with van der Waals surface area (Å²) < 4.78 is 5.61. The van der Waals surface area contributed by atoms with E-state index in [0.717, 1.165) is 0 Å². The zero-order chi connectivity index (χ0) is 10.9. The minimum absolute atomic E-state index is 0.0498. The van der Waals surface area contributed by atoms with E-state index >= 15 is 0 Å². The van der Waals surface area contributed by atoms with Gasteiger partial charge < -0.3 is 9.64 Å². The van der Waals surface area contributed by atoms with Crippen LogP contribution in [0.3, 0.4) is 0 Å². The maximum absolute atomic E-state index is 11.7. The average molecular weight is 197 g/mol. The standard InChI is InChI=1S/C11H19NO2/c1-6-10(13)12-9(8(2)3)7-14-11(12,4)5/h6,8-9H,1,7H2,2-5H3. The summed E-state index contributed by atoms with van der Waals surface area (Å²) in [6.07, 6.45) is 1.35. The summed E-state index contributed by atoms with van der Waals surface area (Å²) in [4.78, 5) is 13.5. The zero-order valence-corrected chi connectivity index (χ0v) is 9.41. The molecule has 0 spiro atoms. The van der Waals surface area contributed by atoms with E-state index in [1.54, 1.807) is 4.90 Å². The molecule has 0 saturated carbocycles. The average Bonchev–Trinajstić information content (AvgIpc) is 2.40. The van der Waals surface area contributed by atoms with Crippen LogP contribution >= 0.6 is 0 Å². The second-order valence-corrected chi connectivity index (χ2v) is 4.48. The van der Waals surface area contributed by atoms with Crippen LogP contribution < -0.4 is 0 Å². The van der Waals surface area contributed by atoms with Gasteiger partial charge in [0.2, 0.25) is 5.91 Å². The highest BCUT2D eigenvalue weighted by Crippen LogP contribution is 2.30. The molecule has 0 aromatic rings. The van der Waals surface area contributed by atoms with Crippen LogP contribution in [0.4, 0.5) is 0 Å². The summed E-state index contributed by atoms with van der Waals surface area (Å²) >= 11 is 0. The summed E-state index contributed by atoms with van der Waals surface area (Å²) in [5.74, 6) is 0.354. The lowest BCUT2D eigenvalue weighted by Crippen LogP contribution is -2.48. The summed E-state index contributed by atoms with van der Waals surface area (Å²) in [5.41, 5.74) is -0.500. The lowest BCUT2D eigenvalue weighted by atomic mass is 10.0. The Hall–Kier alpha value is -0.830. The fourth-order valence-corrected chi connectivity index (χ4v) is 1.85. The lowest BCUT2D eigenvalue weighted by Gasteiger charge is -2.34. The molecule has 3 nitrogen and oxygen atoms in total. The van der Waals surface area contributed by atoms with Crippen LogP contribution in [0.2, 0.25) is 0 Å². The number of ether oxygens (including phenoxy) is 1. The molecule has 0 radical (unpaired) electrons. The Labute approximate surface area is 85.7 Å². The van der Waals surface area contributed by atoms with Crippen LogP contribution in [0.1, 0.15) is 27.7 Å². The molecule has 1 aliphatic heterocycles. The molecule has 0 N–H and O–H groups in total. The van der Waals surface area contributed by atoms with Crippen LogP contribution in [0.15, 0.2) is 12.7 Å². The molecule has 1 aliphatic rings. The molecular formula is C11H19NO2. The predicted molar refractivity (Wildman–Crippen MR) is 55.7 cm³/mol. The quantitative estimate of drug-likeness (QED) is 0.632. The van der Waals surface area contributed by atoms with E-state index in [-0.39, 0.29) is 11.9 Å². The van der Waals surface area contributed by atoms with Gasteiger partial charge in [0.1, 0.15) is 5.72 Å². The van der Waals surface area contributed by atoms with Crippen molar-refractivity contribution in [3.63, 3.8) is 0 Å². The lowest BCUT2D eigenvalue weighted by molar-refractivity contribution is -0.141. The normalized spacial score (nSPS) is 25.5. The summed E-state index contributed by atoms with van der Waals surface area (Å²) in [6, 6.07) is 0.162. The van der Waals surface area contributed by atoms with Gasteiger partial charge in [-0.15, -0.1) is 0 Å². The molecule has 0 aromatic heterocycles. The van der Waals surface area contributed by atoms with Gasteiger partial charge in [-0.2, -0.15) is 0 Å². The van der Waals surface area contributed by atoms with Crippen LogP contribution in [0, 0.1) is 5.92 Å². The molecular weight excluding hydrogens is 178 g/mol. The zero-order valence-electron chi connectivity index (χ0n) is 9.41. The molecule has 1 heterocycles. The van der Waals surface area contributed by atoms with Gasteiger partial charge in [0.25, 0.3) is 0 Å². The predicted octanol–water partition coefficient (Wildman–Crippen LogP) is 1.79. The highest BCUT2D eigenvalue weighted by atomic mass is 16.5. The van der Waals surface area contributed by atoms with Crippen LogP contribution in [-0.2, 0) is 9.53 Å². The Kier molecular flexibility index (Phi) is 3.00. The number of nitrogens with zero attached hydrogens (tertiary/aromatic N) is 1. The van der Waals surface area contributed by atoms with E-state index in [1.807, 2.05) is 13.8 Å². The molecule has 1 atom stereocenters. The van der Waals surface area contributed by atoms with Gasteiger partial charge in [-0.05, 0) is 25.8 Å². The van der Waals surface area contributed by atoms with Crippen molar-refractivity contribution in [2.24, 2.45) is 5.92 Å². The summed E-state index contributed by atoms with van der Waals surface area (Å²) in [5, 5.41) is 0. The van der Waals surface area contributed by atoms with Gasteiger partial charge in [-0.1, -0.05) is 20.4 Å². The number of carbonyl (C=O) groups excluding carboxylic acids is 1. The first kappa shape index (κ1) is 11.2. The van der Waals surface area contributed by atoms with E-state index in [4.69, 9.17) is 4.74 Å². The van der Waals surface area contributed by atoms with Crippen molar-refractivity contribution in [2.45, 2.75) is 39.5 Å². The van der Waals surface area contributed by atoms with Gasteiger partial charge in [0, 0.05) is 0 Å². The van der Waals surface area contributed by atoms with Crippen molar-refractivity contribution in [2.75, 3.05) is 6.61 Å². The van der Waals surface area contributed by atoms with E-state index in [0.29, 0.717) is 12.5 Å². The summed E-state index contributed by atoms with van der Waals surface area (Å²) in [7, 11) is 0. The Bertz CT molecular complexity index is 246. The number of rotatable bonds is 2. The third-order valence-electron chi connectivity index (χ3n) is 2.70. The second-order valence-electron chi connectivity index (χ2n) is 4.48. The highest BCUT2D eigenvalue weighted by Gasteiger charge is 2.43. The smallest absolute Gasteiger partial charge is 0.248 e. The van der Waals surface area contributed by atoms with Crippen molar-refractivity contribution in [1.29, 1.82) is 0 Å². The van der Waals surface area contributed by atoms with E-state index in [9.17, 15) is 4.79 Å². The SMILES string of the molecule is C=CC(=O)N1C(C(C)C)COC1(C)C. The molecule has 1 amide bonds. The molecule has 0 aromatic carbocycles. The summed E-state index contributed by atoms with van der Waals surface area (Å²) in [6.45, 7) is 12.2. The molecule has 14 heavy (non-hydrogen) atoms. The molecule has 1 saturated heterocycles. The van der Waals surface area contributed by atoms with Crippen molar-refractivity contribution < 1.29 is 9.53 Å². The minimum Gasteiger partial charge on any atom is -0.354 e. The van der Waals surface area contributed by atoms with E-state index in [2.05, 4.69) is 20.4 Å². The van der Waals surface area contributed by atoms with Crippen molar-refractivity contribution in [3.8, 4) is 0 Å². The maximum Gasteiger partial charge on any atom is 0.248 e. The van der Waals surface area contributed by atoms with Gasteiger partial charge in [0.15, 0.2) is 0 Å². The highest BCUT2D eigenvalue weighted by molar-refractivity contribution is 5.88. The maximum atomic E-state index is 11.7. The van der Waals surface area contributed by atoms with Crippen molar-refractivity contribution in [1.82, 2.24) is 4.90 Å². The van der Waals surface area contributed by atoms with Crippen molar-refractivity contribution >= 4 is 5.91 Å². The van der Waals surface area contributed by atoms with E-state index in [1.165, 1.54) is 6.08 Å². The third-order valence-corrected chi connectivity index (χ3v) is 2.70. The molecule has 1 rings (SSSR count). The first-order valence-electron chi connectivity index (χ1n) is 5.00. The van der Waals surface area contributed by atoms with Crippen molar-refractivity contribution in [3.05, 3.63) is 12.7 Å². The second kappa shape index (κ2) is 3.73. The van der Waals surface area contributed by atoms with Crippen LogP contribution in [0.5, 0.6) is 0 Å². The van der Waals surface area contributed by atoms with Gasteiger partial charge in [-0.25, -0.2) is 0 Å². The van der Waals surface area contributed by atoms with Gasteiger partial charge >= 0.3 is 0 Å².